The highest BCUT2D eigenvalue weighted by Crippen LogP contribution is 2.33. The zero-order valence-electron chi connectivity index (χ0n) is 15.6. The number of benzene rings is 2. The number of rotatable bonds is 5. The number of hydrogen-bond donors (Lipinski definition) is 2. The van der Waals surface area contributed by atoms with E-state index in [-0.39, 0.29) is 48.8 Å². The standard InChI is InChI=1S/C20H18F2N2O6/c21-17-5-11(23-7-13(9-25)29-19(23)27)1-3-15(17)16-4-2-12(6-18(16)22)24-8-14(10-26)30-20(24)28/h1-6,13-14,25-26H,7-10H2/t13-,14?/m1/s1. The zero-order chi connectivity index (χ0) is 21.4. The highest BCUT2D eigenvalue weighted by molar-refractivity contribution is 5.91. The van der Waals surface area contributed by atoms with Gasteiger partial charge >= 0.3 is 12.2 Å². The summed E-state index contributed by atoms with van der Waals surface area (Å²) < 4.78 is 39.3. The first-order chi connectivity index (χ1) is 14.4. The van der Waals surface area contributed by atoms with E-state index in [9.17, 15) is 18.4 Å². The van der Waals surface area contributed by atoms with Gasteiger partial charge in [-0.3, -0.25) is 9.80 Å². The zero-order valence-corrected chi connectivity index (χ0v) is 15.6. The number of cyclic esters (lactones) is 2. The number of halogens is 2. The summed E-state index contributed by atoms with van der Waals surface area (Å²) in [5, 5.41) is 18.2. The number of anilines is 2. The lowest BCUT2D eigenvalue weighted by Gasteiger charge is -2.16. The van der Waals surface area contributed by atoms with Gasteiger partial charge in [-0.05, 0) is 36.4 Å². The van der Waals surface area contributed by atoms with Crippen molar-refractivity contribution in [3.63, 3.8) is 0 Å². The van der Waals surface area contributed by atoms with Gasteiger partial charge in [0.15, 0.2) is 0 Å². The highest BCUT2D eigenvalue weighted by atomic mass is 19.1. The second kappa shape index (κ2) is 7.88. The SMILES string of the molecule is O=C1OC(CO)CN1c1ccc(-c2ccc(N3C[C@H](CO)OC3=O)cc2F)c(F)c1. The molecule has 10 heteroatoms. The maximum Gasteiger partial charge on any atom is 0.414 e. The van der Waals surface area contributed by atoms with Crippen molar-refractivity contribution in [2.45, 2.75) is 12.2 Å². The van der Waals surface area contributed by atoms with Crippen LogP contribution in [0, 0.1) is 11.6 Å². The van der Waals surface area contributed by atoms with Crippen molar-refractivity contribution in [2.75, 3.05) is 36.1 Å². The first kappa shape index (κ1) is 20.0. The third kappa shape index (κ3) is 3.55. The monoisotopic (exact) mass is 420 g/mol. The maximum atomic E-state index is 14.7. The van der Waals surface area contributed by atoms with E-state index in [0.29, 0.717) is 0 Å². The highest BCUT2D eigenvalue weighted by Gasteiger charge is 2.33. The number of carbonyl (C=O) groups excluding carboxylic acids is 2. The number of aliphatic hydroxyl groups excluding tert-OH is 2. The second-order valence-electron chi connectivity index (χ2n) is 6.93. The normalized spacial score (nSPS) is 21.2. The van der Waals surface area contributed by atoms with E-state index in [2.05, 4.69) is 0 Å². The fourth-order valence-corrected chi connectivity index (χ4v) is 3.44. The third-order valence-electron chi connectivity index (χ3n) is 4.97. The molecule has 2 aliphatic heterocycles. The van der Waals surface area contributed by atoms with Crippen LogP contribution in [0.4, 0.5) is 29.7 Å². The van der Waals surface area contributed by atoms with Crippen LogP contribution < -0.4 is 9.80 Å². The molecule has 2 N–H and O–H groups in total. The van der Waals surface area contributed by atoms with Crippen LogP contribution in [0.3, 0.4) is 0 Å². The molecule has 2 aliphatic rings. The van der Waals surface area contributed by atoms with Gasteiger partial charge in [-0.25, -0.2) is 18.4 Å². The molecule has 0 saturated carbocycles. The van der Waals surface area contributed by atoms with Crippen molar-refractivity contribution in [1.82, 2.24) is 0 Å². The van der Waals surface area contributed by atoms with Crippen LogP contribution >= 0.6 is 0 Å². The molecule has 2 heterocycles. The lowest BCUT2D eigenvalue weighted by Crippen LogP contribution is -2.25. The van der Waals surface area contributed by atoms with E-state index in [0.717, 1.165) is 12.1 Å². The third-order valence-corrected chi connectivity index (χ3v) is 4.97. The Balaban J connectivity index is 1.59. The quantitative estimate of drug-likeness (QED) is 0.770. The van der Waals surface area contributed by atoms with E-state index in [4.69, 9.17) is 19.7 Å². The largest absolute Gasteiger partial charge is 0.441 e. The summed E-state index contributed by atoms with van der Waals surface area (Å²) in [5.74, 6) is -1.50. The molecule has 158 valence electrons. The number of hydrogen-bond acceptors (Lipinski definition) is 6. The van der Waals surface area contributed by atoms with Crippen molar-refractivity contribution in [1.29, 1.82) is 0 Å². The van der Waals surface area contributed by atoms with E-state index >= 15 is 0 Å². The molecule has 2 amide bonds. The van der Waals surface area contributed by atoms with Gasteiger partial charge < -0.3 is 19.7 Å². The van der Waals surface area contributed by atoms with E-state index < -0.39 is 36.0 Å². The lowest BCUT2D eigenvalue weighted by molar-refractivity contribution is 0.0960. The van der Waals surface area contributed by atoms with Crippen molar-refractivity contribution >= 4 is 23.6 Å². The van der Waals surface area contributed by atoms with Crippen molar-refractivity contribution in [3.05, 3.63) is 48.0 Å². The first-order valence-corrected chi connectivity index (χ1v) is 9.18. The van der Waals surface area contributed by atoms with Crippen LogP contribution in [0.25, 0.3) is 11.1 Å². The van der Waals surface area contributed by atoms with Gasteiger partial charge in [-0.1, -0.05) is 0 Å². The molecule has 0 bridgehead atoms. The minimum absolute atomic E-state index is 0.0219. The Bertz CT molecular complexity index is 922. The van der Waals surface area contributed by atoms with Crippen LogP contribution in [-0.2, 0) is 9.47 Å². The fourth-order valence-electron chi connectivity index (χ4n) is 3.44. The number of aliphatic hydroxyl groups is 2. The Morgan fingerprint density at radius 1 is 0.800 bits per heavy atom. The Kier molecular flexibility index (Phi) is 5.27. The summed E-state index contributed by atoms with van der Waals surface area (Å²) in [5.41, 5.74) is 0.408. The van der Waals surface area contributed by atoms with Crippen molar-refractivity contribution < 1.29 is 38.1 Å². The van der Waals surface area contributed by atoms with Gasteiger partial charge in [0.05, 0.1) is 37.7 Å². The first-order valence-electron chi connectivity index (χ1n) is 9.18. The minimum Gasteiger partial charge on any atom is -0.441 e. The molecular weight excluding hydrogens is 402 g/mol. The molecule has 1 unspecified atom stereocenters. The van der Waals surface area contributed by atoms with E-state index in [1.807, 2.05) is 0 Å². The Morgan fingerprint density at radius 3 is 1.50 bits per heavy atom. The van der Waals surface area contributed by atoms with E-state index in [1.165, 1.54) is 34.1 Å². The summed E-state index contributed by atoms with van der Waals surface area (Å²) in [6.45, 7) is -0.524. The Hall–Kier alpha value is -3.24. The second-order valence-corrected chi connectivity index (χ2v) is 6.93. The van der Waals surface area contributed by atoms with Gasteiger partial charge in [0.2, 0.25) is 0 Å². The average molecular weight is 420 g/mol. The van der Waals surface area contributed by atoms with Crippen molar-refractivity contribution in [3.8, 4) is 11.1 Å². The number of ether oxygens (including phenoxy) is 2. The summed E-state index contributed by atoms with van der Waals surface area (Å²) in [7, 11) is 0. The lowest BCUT2D eigenvalue weighted by atomic mass is 10.0. The molecule has 2 saturated heterocycles. The molecule has 4 rings (SSSR count). The Morgan fingerprint density at radius 2 is 1.20 bits per heavy atom. The number of amides is 2. The van der Waals surface area contributed by atoms with Crippen LogP contribution in [0.5, 0.6) is 0 Å². The maximum absolute atomic E-state index is 14.7. The van der Waals surface area contributed by atoms with Crippen LogP contribution in [0.2, 0.25) is 0 Å². The molecule has 8 nitrogen and oxygen atoms in total. The number of carbonyl (C=O) groups is 2. The molecule has 0 spiro atoms. The fraction of sp³-hybridized carbons (Fsp3) is 0.300. The van der Waals surface area contributed by atoms with Crippen LogP contribution in [-0.4, -0.2) is 60.9 Å². The molecule has 2 aromatic rings. The van der Waals surface area contributed by atoms with E-state index in [1.54, 1.807) is 0 Å². The van der Waals surface area contributed by atoms with Gasteiger partial charge in [0.25, 0.3) is 0 Å². The van der Waals surface area contributed by atoms with Gasteiger partial charge in [-0.15, -0.1) is 0 Å². The van der Waals surface area contributed by atoms with Gasteiger partial charge in [0.1, 0.15) is 23.8 Å². The molecule has 2 atom stereocenters. The summed E-state index contributed by atoms with van der Waals surface area (Å²) in [6, 6.07) is 7.77. The van der Waals surface area contributed by atoms with Gasteiger partial charge in [0, 0.05) is 11.1 Å². The average Bonchev–Trinajstić information content (AvgIpc) is 3.30. The predicted molar refractivity (Wildman–Crippen MR) is 101 cm³/mol. The number of nitrogens with zero attached hydrogens (tertiary/aromatic N) is 2. The van der Waals surface area contributed by atoms with Crippen LogP contribution in [0.1, 0.15) is 0 Å². The summed E-state index contributed by atoms with van der Waals surface area (Å²) in [6.07, 6.45) is -2.77. The van der Waals surface area contributed by atoms with Gasteiger partial charge in [-0.2, -0.15) is 0 Å². The molecule has 0 aromatic heterocycles. The topological polar surface area (TPSA) is 99.5 Å². The molecule has 0 aliphatic carbocycles. The molecule has 2 aromatic carbocycles. The molecule has 2 fully saturated rings. The summed E-state index contributed by atoms with van der Waals surface area (Å²) in [4.78, 5) is 26.1. The minimum atomic E-state index is -0.750. The smallest absolute Gasteiger partial charge is 0.414 e. The molecule has 0 radical (unpaired) electrons. The Labute approximate surface area is 169 Å². The predicted octanol–water partition coefficient (Wildman–Crippen LogP) is 2.27. The summed E-state index contributed by atoms with van der Waals surface area (Å²) >= 11 is 0. The molecule has 30 heavy (non-hydrogen) atoms. The molecular formula is C20H18F2N2O6. The van der Waals surface area contributed by atoms with Crippen LogP contribution in [0.15, 0.2) is 36.4 Å². The van der Waals surface area contributed by atoms with Crippen molar-refractivity contribution in [2.24, 2.45) is 0 Å².